The van der Waals surface area contributed by atoms with E-state index >= 15 is 0 Å². The Morgan fingerprint density at radius 3 is 2.61 bits per heavy atom. The third-order valence-corrected chi connectivity index (χ3v) is 6.81. The van der Waals surface area contributed by atoms with Crippen molar-refractivity contribution in [1.29, 1.82) is 0 Å². The molecule has 5 nitrogen and oxygen atoms in total. The van der Waals surface area contributed by atoms with Gasteiger partial charge >= 0.3 is 5.97 Å². The van der Waals surface area contributed by atoms with Crippen LogP contribution in [-0.4, -0.2) is 20.3 Å². The van der Waals surface area contributed by atoms with Gasteiger partial charge in [-0.25, -0.2) is 4.79 Å². The molecule has 0 amide bonds. The number of fused-ring (bicyclic) bond motifs is 6. The summed E-state index contributed by atoms with van der Waals surface area (Å²) in [6, 6.07) is 12.7. The first-order valence-electron chi connectivity index (χ1n) is 8.44. The van der Waals surface area contributed by atoms with Crippen LogP contribution in [0.1, 0.15) is 21.5 Å². The Labute approximate surface area is 188 Å². The zero-order valence-corrected chi connectivity index (χ0v) is 18.8. The highest BCUT2D eigenvalue weighted by molar-refractivity contribution is 14.2. The monoisotopic (exact) mass is 598 g/mol. The lowest BCUT2D eigenvalue weighted by atomic mass is 9.75. The van der Waals surface area contributed by atoms with Crippen molar-refractivity contribution in [2.45, 2.75) is 7.03 Å². The summed E-state index contributed by atoms with van der Waals surface area (Å²) in [5, 5.41) is 0. The Hall–Kier alpha value is -1.88. The number of ketones is 1. The Morgan fingerprint density at radius 2 is 1.82 bits per heavy atom. The molecule has 7 heteroatoms. The number of carbonyl (C=O) groups is 2. The van der Waals surface area contributed by atoms with E-state index in [2.05, 4.69) is 45.2 Å². The van der Waals surface area contributed by atoms with E-state index in [0.29, 0.717) is 34.0 Å². The summed E-state index contributed by atoms with van der Waals surface area (Å²) in [4.78, 5) is 25.3. The lowest BCUT2D eigenvalue weighted by Crippen LogP contribution is -2.40. The fraction of sp³-hybridized carbons (Fsp3) is 0.143. The fourth-order valence-electron chi connectivity index (χ4n) is 3.86. The predicted octanol–water partition coefficient (Wildman–Crippen LogP) is 4.46. The molecule has 0 aromatic heterocycles. The van der Waals surface area contributed by atoms with Crippen molar-refractivity contribution in [1.82, 2.24) is 0 Å². The molecule has 140 valence electrons. The highest BCUT2D eigenvalue weighted by Gasteiger charge is 2.57. The Kier molecular flexibility index (Phi) is 3.93. The summed E-state index contributed by atoms with van der Waals surface area (Å²) in [5.41, 5.74) is 1.45. The molecule has 0 fully saturated rings. The van der Waals surface area contributed by atoms with Gasteiger partial charge in [-0.15, -0.1) is 0 Å². The molecule has 1 aliphatic carbocycles. The normalized spacial score (nSPS) is 23.7. The van der Waals surface area contributed by atoms with Crippen LogP contribution < -0.4 is 9.47 Å². The van der Waals surface area contributed by atoms with Gasteiger partial charge in [0.15, 0.2) is 12.8 Å². The van der Waals surface area contributed by atoms with Gasteiger partial charge in [0.1, 0.15) is 17.3 Å². The van der Waals surface area contributed by atoms with Crippen LogP contribution in [0.15, 0.2) is 65.9 Å². The van der Waals surface area contributed by atoms with E-state index in [1.807, 2.05) is 36.4 Å². The molecular formula is C21H12I2O5. The largest absolute Gasteiger partial charge is 0.497 e. The van der Waals surface area contributed by atoms with Crippen molar-refractivity contribution in [2.75, 3.05) is 7.11 Å². The summed E-state index contributed by atoms with van der Waals surface area (Å²) in [6.45, 7) is 0. The number of hydrogen-bond acceptors (Lipinski definition) is 5. The maximum Gasteiger partial charge on any atom is 0.340 e. The number of rotatable bonds is 1. The number of allylic oxidation sites excluding steroid dienone is 2. The molecule has 5 rings (SSSR count). The lowest BCUT2D eigenvalue weighted by molar-refractivity contribution is -0.113. The van der Waals surface area contributed by atoms with Crippen LogP contribution in [0.25, 0.3) is 0 Å². The average Bonchev–Trinajstić information content (AvgIpc) is 2.97. The second-order valence-electron chi connectivity index (χ2n) is 6.63. The Balaban J connectivity index is 1.88. The summed E-state index contributed by atoms with van der Waals surface area (Å²) < 4.78 is 16.7. The zero-order valence-electron chi connectivity index (χ0n) is 14.5. The number of ether oxygens (including phenoxy) is 3. The highest BCUT2D eigenvalue weighted by Crippen LogP contribution is 2.57. The molecule has 2 aromatic rings. The number of carbonyl (C=O) groups excluding carboxylic acids is 2. The van der Waals surface area contributed by atoms with Gasteiger partial charge in [-0.2, -0.15) is 0 Å². The van der Waals surface area contributed by atoms with Gasteiger partial charge in [-0.1, -0.05) is 63.4 Å². The molecule has 1 unspecified atom stereocenters. The first-order chi connectivity index (χ1) is 13.4. The molecule has 0 saturated carbocycles. The molecule has 2 aromatic carbocycles. The van der Waals surface area contributed by atoms with E-state index in [1.54, 1.807) is 19.2 Å². The molecule has 28 heavy (non-hydrogen) atoms. The van der Waals surface area contributed by atoms with E-state index in [1.165, 1.54) is 6.08 Å². The number of benzene rings is 2. The molecule has 1 atom stereocenters. The number of hydrogen-bond donors (Lipinski definition) is 0. The van der Waals surface area contributed by atoms with Crippen molar-refractivity contribution in [3.05, 3.63) is 82.6 Å². The van der Waals surface area contributed by atoms with Crippen LogP contribution in [0.5, 0.6) is 11.5 Å². The Bertz CT molecular complexity index is 1130. The molecule has 3 aliphatic rings. The standard InChI is InChI=1S/C21H12I2O5/c1-26-11-6-7-14-16(8-11)27-17-9-18(24)20(22,23)10-15(17)21(14)13-5-3-2-4-12(13)19(25)28-21/h2-10H,1H3. The summed E-state index contributed by atoms with van der Waals surface area (Å²) in [7, 11) is 1.57. The molecule has 0 N–H and O–H groups in total. The molecule has 1 spiro atoms. The van der Waals surface area contributed by atoms with E-state index in [9.17, 15) is 9.59 Å². The lowest BCUT2D eigenvalue weighted by Gasteiger charge is -2.40. The summed E-state index contributed by atoms with van der Waals surface area (Å²) in [6.07, 6.45) is 3.31. The molecular weight excluding hydrogens is 586 g/mol. The van der Waals surface area contributed by atoms with Crippen LogP contribution in [0.3, 0.4) is 0 Å². The van der Waals surface area contributed by atoms with Gasteiger partial charge in [-0.05, 0) is 24.3 Å². The van der Waals surface area contributed by atoms with Crippen molar-refractivity contribution in [3.63, 3.8) is 0 Å². The number of alkyl halides is 2. The van der Waals surface area contributed by atoms with Crippen LogP contribution in [0.2, 0.25) is 0 Å². The third-order valence-electron chi connectivity index (χ3n) is 5.12. The number of esters is 1. The molecule has 0 radical (unpaired) electrons. The molecule has 0 saturated heterocycles. The topological polar surface area (TPSA) is 61.8 Å². The van der Waals surface area contributed by atoms with E-state index in [-0.39, 0.29) is 5.78 Å². The van der Waals surface area contributed by atoms with Crippen LogP contribution in [0, 0.1) is 0 Å². The van der Waals surface area contributed by atoms with E-state index in [0.717, 1.165) is 5.56 Å². The van der Waals surface area contributed by atoms with Gasteiger partial charge in [0.25, 0.3) is 0 Å². The third kappa shape index (κ3) is 2.35. The summed E-state index contributed by atoms with van der Waals surface area (Å²) in [5.74, 6) is 1.00. The summed E-state index contributed by atoms with van der Waals surface area (Å²) >= 11 is 4.18. The maximum atomic E-state index is 12.8. The highest BCUT2D eigenvalue weighted by atomic mass is 127. The van der Waals surface area contributed by atoms with Crippen LogP contribution >= 0.6 is 45.2 Å². The number of halogens is 2. The smallest absolute Gasteiger partial charge is 0.340 e. The van der Waals surface area contributed by atoms with Gasteiger partial charge in [0.2, 0.25) is 0 Å². The maximum absolute atomic E-state index is 12.8. The average molecular weight is 598 g/mol. The quantitative estimate of drug-likeness (QED) is 0.276. The molecule has 2 heterocycles. The van der Waals surface area contributed by atoms with E-state index < -0.39 is 13.0 Å². The zero-order chi connectivity index (χ0) is 19.7. The molecule has 0 bridgehead atoms. The van der Waals surface area contributed by atoms with Crippen molar-refractivity contribution < 1.29 is 23.8 Å². The minimum Gasteiger partial charge on any atom is -0.497 e. The first-order valence-corrected chi connectivity index (χ1v) is 10.6. The molecule has 2 aliphatic heterocycles. The van der Waals surface area contributed by atoms with Crippen molar-refractivity contribution in [3.8, 4) is 11.5 Å². The van der Waals surface area contributed by atoms with Gasteiger partial charge in [-0.3, -0.25) is 4.79 Å². The van der Waals surface area contributed by atoms with Crippen molar-refractivity contribution >= 4 is 56.9 Å². The minimum absolute atomic E-state index is 0.0912. The van der Waals surface area contributed by atoms with Crippen LogP contribution in [0.4, 0.5) is 0 Å². The SMILES string of the molecule is COc1ccc2c(c1)OC1=CC(=O)C(I)(I)C=C1C21OC(=O)c2ccccc21. The van der Waals surface area contributed by atoms with Gasteiger partial charge < -0.3 is 14.2 Å². The first kappa shape index (κ1) is 18.2. The fourth-order valence-corrected chi connectivity index (χ4v) is 4.80. The van der Waals surface area contributed by atoms with Gasteiger partial charge in [0.05, 0.1) is 12.7 Å². The predicted molar refractivity (Wildman–Crippen MR) is 118 cm³/mol. The minimum atomic E-state index is -1.17. The van der Waals surface area contributed by atoms with Crippen molar-refractivity contribution in [2.24, 2.45) is 0 Å². The van der Waals surface area contributed by atoms with Crippen LogP contribution in [-0.2, 0) is 15.1 Å². The second kappa shape index (κ2) is 6.06. The second-order valence-corrected chi connectivity index (χ2v) is 12.1. The number of methoxy groups -OCH3 is 1. The van der Waals surface area contributed by atoms with E-state index in [4.69, 9.17) is 14.2 Å². The Morgan fingerprint density at radius 1 is 1.04 bits per heavy atom. The van der Waals surface area contributed by atoms with Gasteiger partial charge in [0, 0.05) is 28.8 Å².